The van der Waals surface area contributed by atoms with Crippen LogP contribution in [0.1, 0.15) is 25.0 Å². The molecular weight excluding hydrogens is 414 g/mol. The summed E-state index contributed by atoms with van der Waals surface area (Å²) in [5, 5.41) is 1.18. The molecule has 0 unspecified atom stereocenters. The summed E-state index contributed by atoms with van der Waals surface area (Å²) in [6.07, 6.45) is 5.75. The van der Waals surface area contributed by atoms with Crippen molar-refractivity contribution < 1.29 is 0 Å². The summed E-state index contributed by atoms with van der Waals surface area (Å²) in [4.78, 5) is 9.44. The Balaban J connectivity index is 1.60. The lowest BCUT2D eigenvalue weighted by Crippen LogP contribution is -2.14. The molecule has 162 valence electrons. The molecule has 0 aliphatic heterocycles. The van der Waals surface area contributed by atoms with Gasteiger partial charge in [-0.15, -0.1) is 0 Å². The second-order valence-electron chi connectivity index (χ2n) is 9.59. The number of rotatable bonds is 2. The molecule has 0 saturated heterocycles. The van der Waals surface area contributed by atoms with Crippen LogP contribution in [-0.2, 0) is 5.41 Å². The predicted octanol–water partition coefficient (Wildman–Crippen LogP) is 7.55. The predicted molar refractivity (Wildman–Crippen MR) is 139 cm³/mol. The Morgan fingerprint density at radius 1 is 0.676 bits per heavy atom. The van der Waals surface area contributed by atoms with Gasteiger partial charge >= 0.3 is 0 Å². The van der Waals surface area contributed by atoms with Gasteiger partial charge in [0, 0.05) is 28.8 Å². The van der Waals surface area contributed by atoms with Crippen molar-refractivity contribution in [2.24, 2.45) is 0 Å². The van der Waals surface area contributed by atoms with E-state index in [0.717, 1.165) is 33.4 Å². The highest BCUT2D eigenvalue weighted by Gasteiger charge is 2.36. The molecule has 0 atom stereocenters. The minimum absolute atomic E-state index is 0.0488. The van der Waals surface area contributed by atoms with Gasteiger partial charge < -0.3 is 4.57 Å². The summed E-state index contributed by atoms with van der Waals surface area (Å²) in [5.41, 5.74) is 11.9. The highest BCUT2D eigenvalue weighted by Crippen LogP contribution is 2.50. The van der Waals surface area contributed by atoms with E-state index < -0.39 is 0 Å². The van der Waals surface area contributed by atoms with E-state index in [1.54, 1.807) is 0 Å². The van der Waals surface area contributed by atoms with Crippen molar-refractivity contribution in [3.63, 3.8) is 0 Å². The fourth-order valence-electron chi connectivity index (χ4n) is 5.62. The highest BCUT2D eigenvalue weighted by molar-refractivity contribution is 6.10. The maximum atomic E-state index is 5.01. The van der Waals surface area contributed by atoms with Crippen LogP contribution in [0, 0.1) is 0 Å². The van der Waals surface area contributed by atoms with Crippen molar-refractivity contribution in [3.8, 4) is 27.9 Å². The average molecular weight is 438 g/mol. The van der Waals surface area contributed by atoms with Gasteiger partial charge in [-0.25, -0.2) is 0 Å². The summed E-state index contributed by atoms with van der Waals surface area (Å²) in [7, 11) is 0. The maximum absolute atomic E-state index is 5.01. The fourth-order valence-corrected chi connectivity index (χ4v) is 5.62. The summed E-state index contributed by atoms with van der Waals surface area (Å²) in [5.74, 6) is 0. The number of fused-ring (bicyclic) bond motifs is 6. The minimum atomic E-state index is -0.0488. The van der Waals surface area contributed by atoms with Crippen LogP contribution in [0.3, 0.4) is 0 Å². The van der Waals surface area contributed by atoms with Gasteiger partial charge in [0.05, 0.1) is 28.4 Å². The van der Waals surface area contributed by atoms with E-state index in [-0.39, 0.29) is 5.41 Å². The van der Waals surface area contributed by atoms with E-state index in [2.05, 4.69) is 96.2 Å². The lowest BCUT2D eigenvalue weighted by molar-refractivity contribution is 0.661. The molecule has 0 radical (unpaired) electrons. The molecule has 6 aromatic rings. The van der Waals surface area contributed by atoms with Crippen molar-refractivity contribution in [3.05, 3.63) is 115 Å². The number of pyridine rings is 2. The first-order valence-corrected chi connectivity index (χ1v) is 11.7. The number of nitrogens with zero attached hydrogens (tertiary/aromatic N) is 3. The molecule has 0 amide bonds. The largest absolute Gasteiger partial charge is 0.306 e. The Labute approximate surface area is 198 Å². The molecule has 1 aliphatic rings. The van der Waals surface area contributed by atoms with E-state index >= 15 is 0 Å². The molecule has 3 heterocycles. The van der Waals surface area contributed by atoms with E-state index in [0.29, 0.717) is 0 Å². The summed E-state index contributed by atoms with van der Waals surface area (Å²) < 4.78 is 2.31. The van der Waals surface area contributed by atoms with E-state index in [1.165, 1.54) is 27.6 Å². The van der Waals surface area contributed by atoms with E-state index in [1.807, 2.05) is 30.7 Å². The zero-order valence-corrected chi connectivity index (χ0v) is 19.2. The van der Waals surface area contributed by atoms with Gasteiger partial charge in [-0.05, 0) is 58.1 Å². The Kier molecular flexibility index (Phi) is 3.89. The summed E-state index contributed by atoms with van der Waals surface area (Å²) in [6, 6.07) is 30.3. The molecular formula is C31H23N3. The Hall–Kier alpha value is -4.24. The fraction of sp³-hybridized carbons (Fsp3) is 0.0968. The van der Waals surface area contributed by atoms with Crippen molar-refractivity contribution in [1.82, 2.24) is 14.5 Å². The van der Waals surface area contributed by atoms with Gasteiger partial charge in [0.1, 0.15) is 0 Å². The first-order valence-electron chi connectivity index (χ1n) is 11.7. The molecule has 3 heteroatoms. The third-order valence-corrected chi connectivity index (χ3v) is 7.32. The molecule has 0 fully saturated rings. The number of aromatic nitrogens is 3. The Morgan fingerprint density at radius 2 is 1.50 bits per heavy atom. The third-order valence-electron chi connectivity index (χ3n) is 7.32. The molecule has 34 heavy (non-hydrogen) atoms. The second-order valence-corrected chi connectivity index (χ2v) is 9.59. The highest BCUT2D eigenvalue weighted by atomic mass is 15.0. The van der Waals surface area contributed by atoms with E-state index in [4.69, 9.17) is 4.98 Å². The topological polar surface area (TPSA) is 30.7 Å². The molecule has 0 spiro atoms. The first kappa shape index (κ1) is 19.2. The number of hydrogen-bond acceptors (Lipinski definition) is 2. The van der Waals surface area contributed by atoms with Crippen molar-refractivity contribution in [1.29, 1.82) is 0 Å². The van der Waals surface area contributed by atoms with Crippen LogP contribution in [0.5, 0.6) is 0 Å². The average Bonchev–Trinajstić information content (AvgIpc) is 3.32. The lowest BCUT2D eigenvalue weighted by Gasteiger charge is -2.21. The lowest BCUT2D eigenvalue weighted by atomic mass is 9.82. The van der Waals surface area contributed by atoms with Crippen molar-refractivity contribution in [2.45, 2.75) is 19.3 Å². The van der Waals surface area contributed by atoms with Crippen LogP contribution in [0.25, 0.3) is 49.9 Å². The van der Waals surface area contributed by atoms with Crippen LogP contribution in [0.15, 0.2) is 104 Å². The molecule has 7 rings (SSSR count). The molecule has 1 aliphatic carbocycles. The molecule has 3 aromatic heterocycles. The zero-order chi connectivity index (χ0) is 22.9. The summed E-state index contributed by atoms with van der Waals surface area (Å²) in [6.45, 7) is 4.65. The van der Waals surface area contributed by atoms with Gasteiger partial charge in [-0.3, -0.25) is 9.97 Å². The molecule has 3 aromatic carbocycles. The quantitative estimate of drug-likeness (QED) is 0.280. The molecule has 3 nitrogen and oxygen atoms in total. The van der Waals surface area contributed by atoms with Crippen LogP contribution < -0.4 is 0 Å². The minimum Gasteiger partial charge on any atom is -0.306 e. The van der Waals surface area contributed by atoms with Crippen molar-refractivity contribution in [2.75, 3.05) is 0 Å². The normalized spacial score (nSPS) is 13.8. The third kappa shape index (κ3) is 2.58. The van der Waals surface area contributed by atoms with Gasteiger partial charge in [0.15, 0.2) is 0 Å². The standard InChI is InChI=1S/C31H23N3/c1-31(2)26-13-7-6-12-23(26)24-17-28-25(16-27(24)31)30-29(34(28)22-11-8-14-32-19-22)15-21(18-33-30)20-9-4-3-5-10-20/h3-19H,1-2H3. The van der Waals surface area contributed by atoms with Gasteiger partial charge in [-0.2, -0.15) is 0 Å². The zero-order valence-electron chi connectivity index (χ0n) is 19.2. The molecule has 0 bridgehead atoms. The van der Waals surface area contributed by atoms with Crippen molar-refractivity contribution >= 4 is 21.9 Å². The maximum Gasteiger partial charge on any atom is 0.0964 e. The number of benzene rings is 3. The first-order chi connectivity index (χ1) is 16.6. The van der Waals surface area contributed by atoms with Crippen LogP contribution in [0.4, 0.5) is 0 Å². The Bertz CT molecular complexity index is 1710. The van der Waals surface area contributed by atoms with Gasteiger partial charge in [-0.1, -0.05) is 68.4 Å². The molecule has 0 saturated carbocycles. The van der Waals surface area contributed by atoms with Gasteiger partial charge in [0.25, 0.3) is 0 Å². The monoisotopic (exact) mass is 437 g/mol. The Morgan fingerprint density at radius 3 is 2.32 bits per heavy atom. The summed E-state index contributed by atoms with van der Waals surface area (Å²) >= 11 is 0. The van der Waals surface area contributed by atoms with Crippen LogP contribution in [0.2, 0.25) is 0 Å². The molecule has 0 N–H and O–H groups in total. The number of hydrogen-bond donors (Lipinski definition) is 0. The smallest absolute Gasteiger partial charge is 0.0964 e. The SMILES string of the molecule is CC1(C)c2ccccc2-c2cc3c(cc21)c1ncc(-c2ccccc2)cc1n3-c1cccnc1. The van der Waals surface area contributed by atoms with Crippen LogP contribution >= 0.6 is 0 Å². The second kappa shape index (κ2) is 6.88. The van der Waals surface area contributed by atoms with E-state index in [9.17, 15) is 0 Å². The van der Waals surface area contributed by atoms with Crippen LogP contribution in [-0.4, -0.2) is 14.5 Å². The van der Waals surface area contributed by atoms with Gasteiger partial charge in [0.2, 0.25) is 0 Å².